The van der Waals surface area contributed by atoms with E-state index in [4.69, 9.17) is 0 Å². The van der Waals surface area contributed by atoms with Crippen LogP contribution in [0.3, 0.4) is 0 Å². The fraction of sp³-hybridized carbons (Fsp3) is 0.118. The molecule has 3 rings (SSSR count). The summed E-state index contributed by atoms with van der Waals surface area (Å²) in [6.45, 7) is 1.97. The quantitative estimate of drug-likeness (QED) is 0.484. The van der Waals surface area contributed by atoms with Crippen LogP contribution in [0.15, 0.2) is 61.2 Å². The average Bonchev–Trinajstić information content (AvgIpc) is 3.17. The van der Waals surface area contributed by atoms with E-state index in [0.717, 1.165) is 17.2 Å². The van der Waals surface area contributed by atoms with Gasteiger partial charge in [0.05, 0.1) is 22.2 Å². The van der Waals surface area contributed by atoms with Crippen molar-refractivity contribution in [1.82, 2.24) is 15.0 Å². The normalized spacial score (nSPS) is 11.7. The average molecular weight is 368 g/mol. The van der Waals surface area contributed by atoms with Gasteiger partial charge in [-0.3, -0.25) is 20.2 Å². The third-order valence-corrected chi connectivity index (χ3v) is 3.95. The van der Waals surface area contributed by atoms with Gasteiger partial charge in [-0.05, 0) is 18.6 Å². The van der Waals surface area contributed by atoms with Crippen LogP contribution in [0.2, 0.25) is 0 Å². The third-order valence-electron chi connectivity index (χ3n) is 3.95. The SMILES string of the molecule is Cc1ccc(C(NNc2ccc([N+](=O)[O-])cc2[N+](=O)[O-])n2ccnc2)cc1. The highest BCUT2D eigenvalue weighted by molar-refractivity contribution is 5.64. The monoisotopic (exact) mass is 368 g/mol. The molecule has 2 N–H and O–H groups in total. The minimum Gasteiger partial charge on any atom is -0.316 e. The number of hydrogen-bond acceptors (Lipinski definition) is 7. The summed E-state index contributed by atoms with van der Waals surface area (Å²) in [5.74, 6) is 0. The van der Waals surface area contributed by atoms with Crippen molar-refractivity contribution in [2.24, 2.45) is 0 Å². The second kappa shape index (κ2) is 7.62. The number of benzene rings is 2. The van der Waals surface area contributed by atoms with Crippen molar-refractivity contribution in [1.29, 1.82) is 0 Å². The Hall–Kier alpha value is -3.79. The fourth-order valence-corrected chi connectivity index (χ4v) is 2.54. The molecule has 1 atom stereocenters. The molecule has 0 saturated carbocycles. The van der Waals surface area contributed by atoms with Crippen LogP contribution in [-0.2, 0) is 0 Å². The van der Waals surface area contributed by atoms with Crippen LogP contribution < -0.4 is 10.9 Å². The number of nitro benzene ring substituents is 2. The smallest absolute Gasteiger partial charge is 0.300 e. The summed E-state index contributed by atoms with van der Waals surface area (Å²) in [6.07, 6.45) is 4.59. The number of hydrazine groups is 1. The maximum atomic E-state index is 11.3. The van der Waals surface area contributed by atoms with Gasteiger partial charge in [0.25, 0.3) is 5.69 Å². The number of non-ortho nitro benzene ring substituents is 1. The summed E-state index contributed by atoms with van der Waals surface area (Å²) in [5, 5.41) is 22.1. The Labute approximate surface area is 153 Å². The lowest BCUT2D eigenvalue weighted by atomic mass is 10.1. The first kappa shape index (κ1) is 18.0. The van der Waals surface area contributed by atoms with Crippen molar-refractivity contribution in [3.8, 4) is 0 Å². The van der Waals surface area contributed by atoms with Crippen LogP contribution >= 0.6 is 0 Å². The van der Waals surface area contributed by atoms with Crippen molar-refractivity contribution in [2.45, 2.75) is 13.1 Å². The van der Waals surface area contributed by atoms with Gasteiger partial charge in [-0.25, -0.2) is 10.4 Å². The molecule has 27 heavy (non-hydrogen) atoms. The Morgan fingerprint density at radius 3 is 2.41 bits per heavy atom. The van der Waals surface area contributed by atoms with Gasteiger partial charge in [0, 0.05) is 18.5 Å². The summed E-state index contributed by atoms with van der Waals surface area (Å²) in [7, 11) is 0. The van der Waals surface area contributed by atoms with Crippen molar-refractivity contribution >= 4 is 17.1 Å². The number of nitrogens with one attached hydrogen (secondary N) is 2. The second-order valence-corrected chi connectivity index (χ2v) is 5.81. The molecule has 138 valence electrons. The second-order valence-electron chi connectivity index (χ2n) is 5.81. The van der Waals surface area contributed by atoms with Crippen LogP contribution in [0.1, 0.15) is 17.3 Å². The van der Waals surface area contributed by atoms with E-state index in [0.29, 0.717) is 0 Å². The van der Waals surface area contributed by atoms with E-state index in [1.165, 1.54) is 12.1 Å². The van der Waals surface area contributed by atoms with Gasteiger partial charge in [0.2, 0.25) is 0 Å². The largest absolute Gasteiger partial charge is 0.316 e. The molecule has 10 heteroatoms. The zero-order chi connectivity index (χ0) is 19.4. The standard InChI is InChI=1S/C17H16N6O4/c1-12-2-4-13(5-3-12)17(21-9-8-18-11-21)20-19-15-7-6-14(22(24)25)10-16(15)23(26)27/h2-11,17,19-20H,1H3. The Morgan fingerprint density at radius 1 is 1.07 bits per heavy atom. The molecule has 0 spiro atoms. The molecule has 1 heterocycles. The van der Waals surface area contributed by atoms with Crippen LogP contribution in [0.5, 0.6) is 0 Å². The zero-order valence-electron chi connectivity index (χ0n) is 14.3. The number of aryl methyl sites for hydroxylation is 1. The van der Waals surface area contributed by atoms with Gasteiger partial charge >= 0.3 is 5.69 Å². The molecular weight excluding hydrogens is 352 g/mol. The first-order chi connectivity index (χ1) is 13.0. The van der Waals surface area contributed by atoms with Crippen LogP contribution in [0.25, 0.3) is 0 Å². The Bertz CT molecular complexity index is 956. The summed E-state index contributed by atoms with van der Waals surface area (Å²) < 4.78 is 1.79. The minimum absolute atomic E-state index is 0.114. The molecule has 1 aromatic heterocycles. The molecular formula is C17H16N6O4. The summed E-state index contributed by atoms with van der Waals surface area (Å²) in [6, 6.07) is 11.2. The Balaban J connectivity index is 1.89. The summed E-state index contributed by atoms with van der Waals surface area (Å²) in [4.78, 5) is 24.8. The summed E-state index contributed by atoms with van der Waals surface area (Å²) >= 11 is 0. The van der Waals surface area contributed by atoms with Crippen molar-refractivity contribution < 1.29 is 9.85 Å². The van der Waals surface area contributed by atoms with Gasteiger partial charge in [0.15, 0.2) is 0 Å². The van der Waals surface area contributed by atoms with E-state index < -0.39 is 21.7 Å². The number of imidazole rings is 1. The lowest BCUT2D eigenvalue weighted by Crippen LogP contribution is -2.32. The Morgan fingerprint density at radius 2 is 1.81 bits per heavy atom. The molecule has 1 unspecified atom stereocenters. The molecule has 0 aliphatic heterocycles. The minimum atomic E-state index is -0.676. The van der Waals surface area contributed by atoms with E-state index in [1.54, 1.807) is 23.3 Å². The van der Waals surface area contributed by atoms with Crippen molar-refractivity contribution in [2.75, 3.05) is 5.43 Å². The number of rotatable bonds is 7. The molecule has 0 aliphatic rings. The zero-order valence-corrected chi connectivity index (χ0v) is 14.3. The number of nitrogens with zero attached hydrogens (tertiary/aromatic N) is 4. The van der Waals surface area contributed by atoms with Gasteiger partial charge in [-0.1, -0.05) is 29.8 Å². The number of anilines is 1. The molecule has 3 aromatic rings. The number of hydrogen-bond donors (Lipinski definition) is 2. The van der Waals surface area contributed by atoms with Gasteiger partial charge in [-0.15, -0.1) is 0 Å². The Kier molecular flexibility index (Phi) is 5.08. The predicted molar refractivity (Wildman–Crippen MR) is 98.1 cm³/mol. The van der Waals surface area contributed by atoms with Crippen LogP contribution in [-0.4, -0.2) is 19.4 Å². The molecule has 0 radical (unpaired) electrons. The van der Waals surface area contributed by atoms with E-state index in [1.807, 2.05) is 31.2 Å². The topological polar surface area (TPSA) is 128 Å². The molecule has 2 aromatic carbocycles. The molecule has 0 fully saturated rings. The van der Waals surface area contributed by atoms with Crippen LogP contribution in [0, 0.1) is 27.2 Å². The first-order valence-corrected chi connectivity index (χ1v) is 7.94. The first-order valence-electron chi connectivity index (χ1n) is 7.94. The van der Waals surface area contributed by atoms with E-state index in [2.05, 4.69) is 15.8 Å². The van der Waals surface area contributed by atoms with E-state index in [9.17, 15) is 20.2 Å². The lowest BCUT2D eigenvalue weighted by Gasteiger charge is -2.21. The molecule has 10 nitrogen and oxygen atoms in total. The van der Waals surface area contributed by atoms with Crippen molar-refractivity contribution in [3.05, 3.63) is 92.5 Å². The molecule has 0 aliphatic carbocycles. The van der Waals surface area contributed by atoms with Crippen molar-refractivity contribution in [3.63, 3.8) is 0 Å². The maximum absolute atomic E-state index is 11.3. The number of aromatic nitrogens is 2. The van der Waals surface area contributed by atoms with Gasteiger partial charge in [-0.2, -0.15) is 0 Å². The van der Waals surface area contributed by atoms with E-state index >= 15 is 0 Å². The third kappa shape index (κ3) is 4.07. The highest BCUT2D eigenvalue weighted by atomic mass is 16.6. The van der Waals surface area contributed by atoms with Crippen LogP contribution in [0.4, 0.5) is 17.1 Å². The summed E-state index contributed by atoms with van der Waals surface area (Å²) in [5.41, 5.74) is 7.18. The predicted octanol–water partition coefficient (Wildman–Crippen LogP) is 3.17. The van der Waals surface area contributed by atoms with E-state index in [-0.39, 0.29) is 11.4 Å². The number of nitro groups is 2. The highest BCUT2D eigenvalue weighted by Crippen LogP contribution is 2.29. The highest BCUT2D eigenvalue weighted by Gasteiger charge is 2.21. The molecule has 0 saturated heterocycles. The maximum Gasteiger partial charge on any atom is 0.300 e. The van der Waals surface area contributed by atoms with Gasteiger partial charge < -0.3 is 9.99 Å². The lowest BCUT2D eigenvalue weighted by molar-refractivity contribution is -0.393. The molecule has 0 amide bonds. The fourth-order valence-electron chi connectivity index (χ4n) is 2.54. The van der Waals surface area contributed by atoms with Gasteiger partial charge in [0.1, 0.15) is 11.9 Å². The molecule has 0 bridgehead atoms.